The van der Waals surface area contributed by atoms with Gasteiger partial charge in [0, 0.05) is 12.1 Å². The third-order valence-electron chi connectivity index (χ3n) is 3.53. The van der Waals surface area contributed by atoms with Crippen molar-refractivity contribution in [2.45, 2.75) is 26.3 Å². The van der Waals surface area contributed by atoms with Crippen molar-refractivity contribution in [3.63, 3.8) is 0 Å². The molecule has 1 atom stereocenters. The number of hydrogen-bond donors (Lipinski definition) is 1. The van der Waals surface area contributed by atoms with Crippen LogP contribution < -0.4 is 5.73 Å². The average molecular weight is 254 g/mol. The Labute approximate surface area is 103 Å². The summed E-state index contributed by atoms with van der Waals surface area (Å²) in [5.41, 5.74) is 7.50. The molecule has 0 spiro atoms. The number of fused-ring (bicyclic) bond motifs is 1. The van der Waals surface area contributed by atoms with Gasteiger partial charge in [-0.05, 0) is 17.9 Å². The molecule has 1 aliphatic carbocycles. The van der Waals surface area contributed by atoms with Gasteiger partial charge in [-0.1, -0.05) is 25.4 Å². The summed E-state index contributed by atoms with van der Waals surface area (Å²) in [6.45, 7) is 4.35. The molecule has 2 aromatic rings. The zero-order valence-corrected chi connectivity index (χ0v) is 10.4. The molecular weight excluding hydrogens is 241 g/mol. The van der Waals surface area contributed by atoms with Crippen LogP contribution in [0.25, 0.3) is 11.0 Å². The van der Waals surface area contributed by atoms with Crippen LogP contribution in [-0.4, -0.2) is 9.55 Å². The molecule has 0 aliphatic heterocycles. The van der Waals surface area contributed by atoms with Crippen LogP contribution in [0.1, 0.15) is 26.3 Å². The summed E-state index contributed by atoms with van der Waals surface area (Å²) < 4.78 is 15.3. The fourth-order valence-electron chi connectivity index (χ4n) is 2.32. The lowest BCUT2D eigenvalue weighted by atomic mass is 10.2. The molecular formula is C12H13ClFN3. The fraction of sp³-hybridized carbons (Fsp3) is 0.417. The topological polar surface area (TPSA) is 43.8 Å². The first-order chi connectivity index (χ1) is 7.90. The second-order valence-corrected chi connectivity index (χ2v) is 5.71. The van der Waals surface area contributed by atoms with Gasteiger partial charge in [-0.3, -0.25) is 0 Å². The summed E-state index contributed by atoms with van der Waals surface area (Å²) in [5, 5.41) is 0.108. The van der Waals surface area contributed by atoms with Crippen molar-refractivity contribution in [2.24, 2.45) is 5.41 Å². The normalized spacial score (nSPS) is 22.0. The third-order valence-corrected chi connectivity index (χ3v) is 3.82. The summed E-state index contributed by atoms with van der Waals surface area (Å²) in [7, 11) is 0. The number of nitrogen functional groups attached to an aromatic ring is 1. The average Bonchev–Trinajstić information content (AvgIpc) is 2.70. The molecule has 3 nitrogen and oxygen atoms in total. The largest absolute Gasteiger partial charge is 0.369 e. The second-order valence-electron chi connectivity index (χ2n) is 5.30. The van der Waals surface area contributed by atoms with Crippen LogP contribution >= 0.6 is 11.6 Å². The van der Waals surface area contributed by atoms with Crippen LogP contribution in [-0.2, 0) is 0 Å². The Bertz CT molecular complexity index is 618. The van der Waals surface area contributed by atoms with E-state index in [2.05, 4.69) is 18.8 Å². The Balaban J connectivity index is 2.24. The molecule has 1 fully saturated rings. The summed E-state index contributed by atoms with van der Waals surface area (Å²) in [4.78, 5) is 4.18. The molecule has 0 radical (unpaired) electrons. The lowest BCUT2D eigenvalue weighted by Gasteiger charge is -2.08. The number of nitrogens with zero attached hydrogens (tertiary/aromatic N) is 2. The van der Waals surface area contributed by atoms with Crippen LogP contribution in [0.5, 0.6) is 0 Å². The molecule has 17 heavy (non-hydrogen) atoms. The highest BCUT2D eigenvalue weighted by molar-refractivity contribution is 6.31. The Kier molecular flexibility index (Phi) is 2.00. The Hall–Kier alpha value is -1.29. The van der Waals surface area contributed by atoms with Gasteiger partial charge in [0.05, 0.1) is 16.1 Å². The molecule has 2 N–H and O–H groups in total. The summed E-state index contributed by atoms with van der Waals surface area (Å²) in [6.07, 6.45) is 1.05. The maximum atomic E-state index is 13.3. The smallest absolute Gasteiger partial charge is 0.201 e. The molecule has 3 rings (SSSR count). The van der Waals surface area contributed by atoms with Gasteiger partial charge in [-0.15, -0.1) is 0 Å². The van der Waals surface area contributed by atoms with E-state index >= 15 is 0 Å². The van der Waals surface area contributed by atoms with E-state index in [0.717, 1.165) is 11.9 Å². The van der Waals surface area contributed by atoms with E-state index in [4.69, 9.17) is 17.3 Å². The summed E-state index contributed by atoms with van der Waals surface area (Å²) >= 11 is 5.81. The minimum atomic E-state index is -0.459. The van der Waals surface area contributed by atoms with Crippen molar-refractivity contribution in [3.8, 4) is 0 Å². The molecule has 1 aromatic heterocycles. The zero-order chi connectivity index (χ0) is 12.4. The maximum absolute atomic E-state index is 13.3. The molecule has 1 saturated carbocycles. The van der Waals surface area contributed by atoms with E-state index < -0.39 is 5.82 Å². The minimum absolute atomic E-state index is 0.108. The number of rotatable bonds is 1. The minimum Gasteiger partial charge on any atom is -0.369 e. The Morgan fingerprint density at radius 3 is 2.76 bits per heavy atom. The van der Waals surface area contributed by atoms with E-state index in [9.17, 15) is 4.39 Å². The highest BCUT2D eigenvalue weighted by Crippen LogP contribution is 2.57. The first-order valence-corrected chi connectivity index (χ1v) is 5.90. The van der Waals surface area contributed by atoms with Crippen molar-refractivity contribution in [2.75, 3.05) is 5.73 Å². The molecule has 1 aromatic carbocycles. The third kappa shape index (κ3) is 1.51. The molecule has 0 bridgehead atoms. The van der Waals surface area contributed by atoms with Crippen LogP contribution in [0.15, 0.2) is 12.1 Å². The molecule has 90 valence electrons. The first-order valence-electron chi connectivity index (χ1n) is 5.52. The lowest BCUT2D eigenvalue weighted by Crippen LogP contribution is -2.04. The van der Waals surface area contributed by atoms with Crippen molar-refractivity contribution in [1.29, 1.82) is 0 Å². The predicted octanol–water partition coefficient (Wildman–Crippen LogP) is 3.38. The van der Waals surface area contributed by atoms with Gasteiger partial charge in [0.2, 0.25) is 5.95 Å². The number of nitrogens with two attached hydrogens (primary N) is 1. The highest BCUT2D eigenvalue weighted by Gasteiger charge is 2.48. The predicted molar refractivity (Wildman–Crippen MR) is 66.5 cm³/mol. The van der Waals surface area contributed by atoms with Gasteiger partial charge in [-0.25, -0.2) is 9.37 Å². The van der Waals surface area contributed by atoms with Crippen LogP contribution in [0.3, 0.4) is 0 Å². The standard InChI is InChI=1S/C12H13ClFN3/c1-12(2)5-10(12)17-9-3-6(13)7(14)4-8(9)16-11(17)15/h3-4,10H,5H2,1-2H3,(H2,15,16). The van der Waals surface area contributed by atoms with E-state index in [1.165, 1.54) is 6.07 Å². The van der Waals surface area contributed by atoms with E-state index in [0.29, 0.717) is 17.5 Å². The van der Waals surface area contributed by atoms with Gasteiger partial charge in [0.1, 0.15) is 5.82 Å². The monoisotopic (exact) mass is 253 g/mol. The van der Waals surface area contributed by atoms with E-state index in [1.807, 2.05) is 4.57 Å². The zero-order valence-electron chi connectivity index (χ0n) is 9.67. The molecule has 5 heteroatoms. The Morgan fingerprint density at radius 2 is 2.18 bits per heavy atom. The number of imidazole rings is 1. The first kappa shape index (κ1) is 10.8. The van der Waals surface area contributed by atoms with E-state index in [-0.39, 0.29) is 10.4 Å². The van der Waals surface area contributed by atoms with Crippen molar-refractivity contribution in [3.05, 3.63) is 23.0 Å². The molecule has 0 amide bonds. The van der Waals surface area contributed by atoms with Gasteiger partial charge in [0.25, 0.3) is 0 Å². The molecule has 1 unspecified atom stereocenters. The molecule has 0 saturated heterocycles. The van der Waals surface area contributed by atoms with Crippen molar-refractivity contribution < 1.29 is 4.39 Å². The Morgan fingerprint density at radius 1 is 1.53 bits per heavy atom. The van der Waals surface area contributed by atoms with Gasteiger partial charge in [0.15, 0.2) is 0 Å². The quantitative estimate of drug-likeness (QED) is 0.847. The van der Waals surface area contributed by atoms with E-state index in [1.54, 1.807) is 6.07 Å². The summed E-state index contributed by atoms with van der Waals surface area (Å²) in [6, 6.07) is 3.26. The maximum Gasteiger partial charge on any atom is 0.201 e. The van der Waals surface area contributed by atoms with Gasteiger partial charge >= 0.3 is 0 Å². The van der Waals surface area contributed by atoms with Gasteiger partial charge < -0.3 is 10.3 Å². The van der Waals surface area contributed by atoms with Crippen LogP contribution in [0.2, 0.25) is 5.02 Å². The number of halogens is 2. The van der Waals surface area contributed by atoms with Crippen molar-refractivity contribution >= 4 is 28.6 Å². The van der Waals surface area contributed by atoms with Crippen LogP contribution in [0.4, 0.5) is 10.3 Å². The SMILES string of the molecule is CC1(C)CC1n1c(N)nc2cc(F)c(Cl)cc21. The van der Waals surface area contributed by atoms with Gasteiger partial charge in [-0.2, -0.15) is 0 Å². The second kappa shape index (κ2) is 3.13. The lowest BCUT2D eigenvalue weighted by molar-refractivity contribution is 0.553. The number of anilines is 1. The summed E-state index contributed by atoms with van der Waals surface area (Å²) in [5.74, 6) is -0.0314. The van der Waals surface area contributed by atoms with Crippen molar-refractivity contribution in [1.82, 2.24) is 9.55 Å². The number of hydrogen-bond acceptors (Lipinski definition) is 2. The fourth-order valence-corrected chi connectivity index (χ4v) is 2.47. The van der Waals surface area contributed by atoms with Crippen LogP contribution in [0, 0.1) is 11.2 Å². The molecule has 1 heterocycles. The highest BCUT2D eigenvalue weighted by atomic mass is 35.5. The number of aromatic nitrogens is 2. The number of benzene rings is 1. The molecule has 1 aliphatic rings.